The van der Waals surface area contributed by atoms with Crippen LogP contribution in [0, 0.1) is 0 Å². The maximum absolute atomic E-state index is 5.66. The molecule has 1 N–H and O–H groups in total. The molecule has 0 bridgehead atoms. The Bertz CT molecular complexity index is 408. The predicted molar refractivity (Wildman–Crippen MR) is 81.7 cm³/mol. The second kappa shape index (κ2) is 7.21. The molecular formula is C17H27NO2. The van der Waals surface area contributed by atoms with E-state index in [9.17, 15) is 0 Å². The molecule has 1 aromatic carbocycles. The van der Waals surface area contributed by atoms with Gasteiger partial charge in [-0.2, -0.15) is 0 Å². The summed E-state index contributed by atoms with van der Waals surface area (Å²) in [4.78, 5) is 0. The summed E-state index contributed by atoms with van der Waals surface area (Å²) in [6.45, 7) is 9.08. The van der Waals surface area contributed by atoms with Crippen molar-refractivity contribution < 1.29 is 9.47 Å². The van der Waals surface area contributed by atoms with Crippen LogP contribution in [0.25, 0.3) is 0 Å². The molecule has 0 spiro atoms. The molecule has 112 valence electrons. The van der Waals surface area contributed by atoms with Crippen LogP contribution in [0.15, 0.2) is 24.3 Å². The molecule has 0 saturated heterocycles. The number of benzene rings is 1. The smallest absolute Gasteiger partial charge is 0.0718 e. The third-order valence-electron chi connectivity index (χ3n) is 3.20. The van der Waals surface area contributed by atoms with Crippen molar-refractivity contribution in [2.75, 3.05) is 13.2 Å². The fraction of sp³-hybridized carbons (Fsp3) is 0.647. The van der Waals surface area contributed by atoms with Crippen LogP contribution < -0.4 is 5.32 Å². The van der Waals surface area contributed by atoms with Gasteiger partial charge in [0.1, 0.15) is 0 Å². The Morgan fingerprint density at radius 3 is 2.60 bits per heavy atom. The standard InChI is InChI=1S/C17H27NO2/c1-17(2,3)20-10-9-19-13-15-6-4-5-14(11-15)12-18-16-7-8-16/h4-6,11,16,18H,7-10,12-13H2,1-3H3. The lowest BCUT2D eigenvalue weighted by atomic mass is 10.1. The zero-order valence-electron chi connectivity index (χ0n) is 12.9. The number of nitrogens with one attached hydrogen (secondary N) is 1. The van der Waals surface area contributed by atoms with Crippen LogP contribution in [0.1, 0.15) is 44.7 Å². The second-order valence-corrected chi connectivity index (χ2v) is 6.49. The summed E-state index contributed by atoms with van der Waals surface area (Å²) >= 11 is 0. The van der Waals surface area contributed by atoms with Crippen LogP contribution in [-0.2, 0) is 22.6 Å². The Morgan fingerprint density at radius 2 is 1.90 bits per heavy atom. The molecule has 0 aliphatic heterocycles. The molecule has 2 rings (SSSR count). The van der Waals surface area contributed by atoms with Gasteiger partial charge in [0.05, 0.1) is 25.4 Å². The van der Waals surface area contributed by atoms with Crippen molar-refractivity contribution >= 4 is 0 Å². The summed E-state index contributed by atoms with van der Waals surface area (Å²) in [5.74, 6) is 0. The van der Waals surface area contributed by atoms with Crippen molar-refractivity contribution in [1.29, 1.82) is 0 Å². The Kier molecular flexibility index (Phi) is 5.58. The Morgan fingerprint density at radius 1 is 1.15 bits per heavy atom. The number of ether oxygens (including phenoxy) is 2. The topological polar surface area (TPSA) is 30.5 Å². The molecular weight excluding hydrogens is 250 g/mol. The van der Waals surface area contributed by atoms with Gasteiger partial charge in [0, 0.05) is 12.6 Å². The minimum atomic E-state index is -0.0856. The molecule has 0 radical (unpaired) electrons. The van der Waals surface area contributed by atoms with Gasteiger partial charge < -0.3 is 14.8 Å². The highest BCUT2D eigenvalue weighted by molar-refractivity contribution is 5.23. The first-order valence-corrected chi connectivity index (χ1v) is 7.56. The lowest BCUT2D eigenvalue weighted by molar-refractivity contribution is -0.0376. The first kappa shape index (κ1) is 15.5. The van der Waals surface area contributed by atoms with Gasteiger partial charge in [-0.05, 0) is 44.7 Å². The minimum absolute atomic E-state index is 0.0856. The number of rotatable bonds is 8. The lowest BCUT2D eigenvalue weighted by Crippen LogP contribution is -2.21. The molecule has 0 aromatic heterocycles. The molecule has 1 aromatic rings. The first-order valence-electron chi connectivity index (χ1n) is 7.56. The van der Waals surface area contributed by atoms with Crippen molar-refractivity contribution in [3.63, 3.8) is 0 Å². The van der Waals surface area contributed by atoms with Gasteiger partial charge in [-0.15, -0.1) is 0 Å². The van der Waals surface area contributed by atoms with Crippen molar-refractivity contribution in [2.24, 2.45) is 0 Å². The normalized spacial score (nSPS) is 15.6. The van der Waals surface area contributed by atoms with E-state index < -0.39 is 0 Å². The largest absolute Gasteiger partial charge is 0.374 e. The summed E-state index contributed by atoms with van der Waals surface area (Å²) in [5, 5.41) is 3.53. The first-order chi connectivity index (χ1) is 9.53. The van der Waals surface area contributed by atoms with Gasteiger partial charge in [-0.25, -0.2) is 0 Å². The fourth-order valence-corrected chi connectivity index (χ4v) is 1.98. The van der Waals surface area contributed by atoms with E-state index in [1.54, 1.807) is 0 Å². The molecule has 1 saturated carbocycles. The Balaban J connectivity index is 1.65. The fourth-order valence-electron chi connectivity index (χ4n) is 1.98. The third-order valence-corrected chi connectivity index (χ3v) is 3.20. The van der Waals surface area contributed by atoms with Gasteiger partial charge in [-0.1, -0.05) is 24.3 Å². The van der Waals surface area contributed by atoms with Crippen molar-refractivity contribution in [2.45, 2.75) is 58.4 Å². The van der Waals surface area contributed by atoms with E-state index in [4.69, 9.17) is 9.47 Å². The molecule has 3 heteroatoms. The maximum Gasteiger partial charge on any atom is 0.0718 e. The molecule has 1 aliphatic rings. The molecule has 1 aliphatic carbocycles. The van der Waals surface area contributed by atoms with Gasteiger partial charge in [0.2, 0.25) is 0 Å². The van der Waals surface area contributed by atoms with Crippen LogP contribution >= 0.6 is 0 Å². The van der Waals surface area contributed by atoms with Crippen LogP contribution in [-0.4, -0.2) is 24.9 Å². The Hall–Kier alpha value is -0.900. The predicted octanol–water partition coefficient (Wildman–Crippen LogP) is 3.27. The van der Waals surface area contributed by atoms with E-state index in [0.29, 0.717) is 19.8 Å². The van der Waals surface area contributed by atoms with E-state index in [1.807, 2.05) is 0 Å². The SMILES string of the molecule is CC(C)(C)OCCOCc1cccc(CNC2CC2)c1. The third kappa shape index (κ3) is 6.51. The highest BCUT2D eigenvalue weighted by atomic mass is 16.5. The van der Waals surface area contributed by atoms with Crippen molar-refractivity contribution in [3.8, 4) is 0 Å². The summed E-state index contributed by atoms with van der Waals surface area (Å²) in [7, 11) is 0. The summed E-state index contributed by atoms with van der Waals surface area (Å²) in [6, 6.07) is 9.37. The van der Waals surface area contributed by atoms with Crippen LogP contribution in [0.2, 0.25) is 0 Å². The zero-order valence-corrected chi connectivity index (χ0v) is 12.9. The van der Waals surface area contributed by atoms with Crippen molar-refractivity contribution in [3.05, 3.63) is 35.4 Å². The van der Waals surface area contributed by atoms with E-state index in [0.717, 1.165) is 12.6 Å². The van der Waals surface area contributed by atoms with Gasteiger partial charge in [-0.3, -0.25) is 0 Å². The second-order valence-electron chi connectivity index (χ2n) is 6.49. The van der Waals surface area contributed by atoms with E-state index in [-0.39, 0.29) is 5.60 Å². The summed E-state index contributed by atoms with van der Waals surface area (Å²) in [5.41, 5.74) is 2.48. The number of hydrogen-bond donors (Lipinski definition) is 1. The molecule has 3 nitrogen and oxygen atoms in total. The average Bonchev–Trinajstić information content (AvgIpc) is 3.19. The molecule has 0 amide bonds. The summed E-state index contributed by atoms with van der Waals surface area (Å²) in [6.07, 6.45) is 2.66. The van der Waals surface area contributed by atoms with Crippen LogP contribution in [0.4, 0.5) is 0 Å². The van der Waals surface area contributed by atoms with Gasteiger partial charge in [0.15, 0.2) is 0 Å². The van der Waals surface area contributed by atoms with E-state index in [1.165, 1.54) is 24.0 Å². The molecule has 0 atom stereocenters. The van der Waals surface area contributed by atoms with E-state index in [2.05, 4.69) is 50.4 Å². The van der Waals surface area contributed by atoms with Gasteiger partial charge in [0.25, 0.3) is 0 Å². The molecule has 0 heterocycles. The van der Waals surface area contributed by atoms with Gasteiger partial charge >= 0.3 is 0 Å². The molecule has 20 heavy (non-hydrogen) atoms. The number of hydrogen-bond acceptors (Lipinski definition) is 3. The molecule has 1 fully saturated rings. The highest BCUT2D eigenvalue weighted by Gasteiger charge is 2.19. The van der Waals surface area contributed by atoms with Crippen molar-refractivity contribution in [1.82, 2.24) is 5.32 Å². The minimum Gasteiger partial charge on any atom is -0.374 e. The zero-order chi connectivity index (χ0) is 14.4. The van der Waals surface area contributed by atoms with Crippen LogP contribution in [0.3, 0.4) is 0 Å². The Labute approximate surface area is 122 Å². The summed E-state index contributed by atoms with van der Waals surface area (Å²) < 4.78 is 11.3. The quantitative estimate of drug-likeness (QED) is 0.740. The molecule has 0 unspecified atom stereocenters. The maximum atomic E-state index is 5.66. The monoisotopic (exact) mass is 277 g/mol. The van der Waals surface area contributed by atoms with Crippen LogP contribution in [0.5, 0.6) is 0 Å². The average molecular weight is 277 g/mol. The highest BCUT2D eigenvalue weighted by Crippen LogP contribution is 2.19. The lowest BCUT2D eigenvalue weighted by Gasteiger charge is -2.19. The van der Waals surface area contributed by atoms with E-state index >= 15 is 0 Å².